The van der Waals surface area contributed by atoms with Crippen molar-refractivity contribution >= 4 is 39.0 Å². The molecule has 0 spiro atoms. The van der Waals surface area contributed by atoms with Crippen LogP contribution in [0.4, 0.5) is 5.69 Å². The number of aryl methyl sites for hydroxylation is 1. The van der Waals surface area contributed by atoms with E-state index in [4.69, 9.17) is 4.74 Å². The van der Waals surface area contributed by atoms with E-state index in [0.29, 0.717) is 29.2 Å². The second-order valence-corrected chi connectivity index (χ2v) is 8.79. The zero-order chi connectivity index (χ0) is 22.5. The van der Waals surface area contributed by atoms with Gasteiger partial charge in [-0.25, -0.2) is 4.79 Å². The number of amides is 1. The van der Waals surface area contributed by atoms with Crippen molar-refractivity contribution in [2.24, 2.45) is 0 Å². The third-order valence-electron chi connectivity index (χ3n) is 5.22. The molecule has 0 saturated heterocycles. The summed E-state index contributed by atoms with van der Waals surface area (Å²) in [6, 6.07) is 23.3. The van der Waals surface area contributed by atoms with Crippen LogP contribution in [0, 0.1) is 6.92 Å². The number of hydrogen-bond acceptors (Lipinski definition) is 4. The quantitative estimate of drug-likeness (QED) is 0.327. The molecule has 0 radical (unpaired) electrons. The lowest BCUT2D eigenvalue weighted by atomic mass is 10.0. The van der Waals surface area contributed by atoms with Gasteiger partial charge in [0, 0.05) is 10.4 Å². The highest BCUT2D eigenvalue weighted by Crippen LogP contribution is 2.33. The SMILES string of the molecule is CCCOC(=O)c1ccc(NC(=O)c2sc3ccccc3c2Cc2ccc(C)cc2)cc1. The normalized spacial score (nSPS) is 10.8. The number of fused-ring (bicyclic) bond motifs is 1. The summed E-state index contributed by atoms with van der Waals surface area (Å²) >= 11 is 1.50. The minimum atomic E-state index is -0.352. The molecule has 0 saturated carbocycles. The van der Waals surface area contributed by atoms with Gasteiger partial charge < -0.3 is 10.1 Å². The summed E-state index contributed by atoms with van der Waals surface area (Å²) in [4.78, 5) is 25.9. The van der Waals surface area contributed by atoms with Crippen LogP contribution in [-0.2, 0) is 11.2 Å². The Hall–Kier alpha value is -3.44. The highest BCUT2D eigenvalue weighted by atomic mass is 32.1. The Morgan fingerprint density at radius 2 is 1.66 bits per heavy atom. The summed E-state index contributed by atoms with van der Waals surface area (Å²) in [6.45, 7) is 4.41. The van der Waals surface area contributed by atoms with E-state index in [1.54, 1.807) is 24.3 Å². The van der Waals surface area contributed by atoms with E-state index >= 15 is 0 Å². The molecule has 0 fully saturated rings. The molecule has 4 rings (SSSR count). The standard InChI is InChI=1S/C27H25NO3S/c1-3-16-31-27(30)20-12-14-21(15-13-20)28-26(29)25-23(17-19-10-8-18(2)9-11-19)22-6-4-5-7-24(22)32-25/h4-15H,3,16-17H2,1-2H3,(H,28,29). The average Bonchev–Trinajstić information content (AvgIpc) is 3.18. The Bertz CT molecular complexity index is 1240. The molecular weight excluding hydrogens is 418 g/mol. The molecule has 1 aromatic heterocycles. The van der Waals surface area contributed by atoms with Gasteiger partial charge in [0.15, 0.2) is 0 Å². The number of ether oxygens (including phenoxy) is 1. The molecule has 0 atom stereocenters. The van der Waals surface area contributed by atoms with Crippen molar-refractivity contribution < 1.29 is 14.3 Å². The highest BCUT2D eigenvalue weighted by molar-refractivity contribution is 7.21. The van der Waals surface area contributed by atoms with Crippen molar-refractivity contribution in [3.63, 3.8) is 0 Å². The first-order valence-corrected chi connectivity index (χ1v) is 11.5. The molecule has 0 aliphatic rings. The Morgan fingerprint density at radius 3 is 2.38 bits per heavy atom. The Kier molecular flexibility index (Phi) is 6.66. The van der Waals surface area contributed by atoms with Crippen molar-refractivity contribution in [2.45, 2.75) is 26.7 Å². The molecule has 1 heterocycles. The summed E-state index contributed by atoms with van der Waals surface area (Å²) in [5, 5.41) is 4.09. The van der Waals surface area contributed by atoms with E-state index in [0.717, 1.165) is 22.1 Å². The minimum Gasteiger partial charge on any atom is -0.462 e. The first-order chi connectivity index (χ1) is 15.5. The fourth-order valence-corrected chi connectivity index (χ4v) is 4.64. The largest absolute Gasteiger partial charge is 0.462 e. The number of nitrogens with one attached hydrogen (secondary N) is 1. The third-order valence-corrected chi connectivity index (χ3v) is 6.43. The lowest BCUT2D eigenvalue weighted by Crippen LogP contribution is -2.13. The predicted octanol–water partition coefficient (Wildman–Crippen LogP) is 6.62. The fourth-order valence-electron chi connectivity index (χ4n) is 3.52. The van der Waals surface area contributed by atoms with Gasteiger partial charge in [0.1, 0.15) is 0 Å². The number of anilines is 1. The van der Waals surface area contributed by atoms with Crippen LogP contribution in [0.5, 0.6) is 0 Å². The summed E-state index contributed by atoms with van der Waals surface area (Å²) < 4.78 is 6.25. The van der Waals surface area contributed by atoms with Crippen LogP contribution in [0.2, 0.25) is 0 Å². The maximum Gasteiger partial charge on any atom is 0.338 e. The number of benzene rings is 3. The van der Waals surface area contributed by atoms with Crippen LogP contribution in [0.25, 0.3) is 10.1 Å². The smallest absolute Gasteiger partial charge is 0.338 e. The van der Waals surface area contributed by atoms with Crippen molar-refractivity contribution in [1.82, 2.24) is 0 Å². The van der Waals surface area contributed by atoms with Crippen LogP contribution in [0.15, 0.2) is 72.8 Å². The number of esters is 1. The second-order valence-electron chi connectivity index (χ2n) is 7.74. The number of rotatable bonds is 7. The number of thiophene rings is 1. The van der Waals surface area contributed by atoms with Gasteiger partial charge in [-0.15, -0.1) is 11.3 Å². The number of carbonyl (C=O) groups excluding carboxylic acids is 2. The zero-order valence-corrected chi connectivity index (χ0v) is 19.0. The molecule has 3 aromatic carbocycles. The Labute approximate surface area is 191 Å². The van der Waals surface area contributed by atoms with E-state index < -0.39 is 0 Å². The topological polar surface area (TPSA) is 55.4 Å². The number of carbonyl (C=O) groups is 2. The molecule has 0 aliphatic carbocycles. The molecule has 1 N–H and O–H groups in total. The van der Waals surface area contributed by atoms with Crippen molar-refractivity contribution in [2.75, 3.05) is 11.9 Å². The molecule has 32 heavy (non-hydrogen) atoms. The summed E-state index contributed by atoms with van der Waals surface area (Å²) in [7, 11) is 0. The van der Waals surface area contributed by atoms with E-state index in [1.807, 2.05) is 25.1 Å². The molecular formula is C27H25NO3S. The Morgan fingerprint density at radius 1 is 0.938 bits per heavy atom. The summed E-state index contributed by atoms with van der Waals surface area (Å²) in [5.74, 6) is -0.496. The van der Waals surface area contributed by atoms with E-state index in [2.05, 4.69) is 42.6 Å². The molecule has 4 aromatic rings. The molecule has 0 aliphatic heterocycles. The lowest BCUT2D eigenvalue weighted by molar-refractivity contribution is 0.0505. The van der Waals surface area contributed by atoms with Crippen molar-refractivity contribution in [3.8, 4) is 0 Å². The molecule has 162 valence electrons. The minimum absolute atomic E-state index is 0.144. The summed E-state index contributed by atoms with van der Waals surface area (Å²) in [5.41, 5.74) is 4.53. The van der Waals surface area contributed by atoms with Crippen LogP contribution in [0.1, 0.15) is 50.1 Å². The van der Waals surface area contributed by atoms with E-state index in [-0.39, 0.29) is 11.9 Å². The Balaban J connectivity index is 1.58. The predicted molar refractivity (Wildman–Crippen MR) is 131 cm³/mol. The highest BCUT2D eigenvalue weighted by Gasteiger charge is 2.19. The molecule has 4 nitrogen and oxygen atoms in total. The van der Waals surface area contributed by atoms with Crippen LogP contribution in [-0.4, -0.2) is 18.5 Å². The fraction of sp³-hybridized carbons (Fsp3) is 0.185. The molecule has 0 bridgehead atoms. The van der Waals surface area contributed by atoms with Crippen molar-refractivity contribution in [1.29, 1.82) is 0 Å². The molecule has 0 unspecified atom stereocenters. The van der Waals surface area contributed by atoms with E-state index in [1.165, 1.54) is 22.5 Å². The molecule has 1 amide bonds. The van der Waals surface area contributed by atoms with Crippen LogP contribution < -0.4 is 5.32 Å². The van der Waals surface area contributed by atoms with Gasteiger partial charge in [0.25, 0.3) is 5.91 Å². The lowest BCUT2D eigenvalue weighted by Gasteiger charge is -2.08. The van der Waals surface area contributed by atoms with Gasteiger partial charge in [-0.2, -0.15) is 0 Å². The number of hydrogen-bond donors (Lipinski definition) is 1. The van der Waals surface area contributed by atoms with Gasteiger partial charge >= 0.3 is 5.97 Å². The second kappa shape index (κ2) is 9.79. The van der Waals surface area contributed by atoms with Gasteiger partial charge in [0.2, 0.25) is 0 Å². The third kappa shape index (κ3) is 4.89. The zero-order valence-electron chi connectivity index (χ0n) is 18.2. The molecule has 5 heteroatoms. The monoisotopic (exact) mass is 443 g/mol. The first kappa shape index (κ1) is 21.8. The maximum atomic E-state index is 13.2. The van der Waals surface area contributed by atoms with Gasteiger partial charge in [-0.3, -0.25) is 4.79 Å². The van der Waals surface area contributed by atoms with Crippen LogP contribution in [0.3, 0.4) is 0 Å². The van der Waals surface area contributed by atoms with Gasteiger partial charge in [-0.05, 0) is 66.6 Å². The van der Waals surface area contributed by atoms with Gasteiger partial charge in [-0.1, -0.05) is 55.0 Å². The first-order valence-electron chi connectivity index (χ1n) is 10.7. The average molecular weight is 444 g/mol. The van der Waals surface area contributed by atoms with Crippen LogP contribution >= 0.6 is 11.3 Å². The summed E-state index contributed by atoms with van der Waals surface area (Å²) in [6.07, 6.45) is 1.47. The maximum absolute atomic E-state index is 13.2. The van der Waals surface area contributed by atoms with Crippen molar-refractivity contribution in [3.05, 3.63) is 99.9 Å². The van der Waals surface area contributed by atoms with Gasteiger partial charge in [0.05, 0.1) is 17.0 Å². The van der Waals surface area contributed by atoms with E-state index in [9.17, 15) is 9.59 Å².